The molecule has 25 heavy (non-hydrogen) atoms. The van der Waals surface area contributed by atoms with E-state index in [2.05, 4.69) is 41.6 Å². The summed E-state index contributed by atoms with van der Waals surface area (Å²) in [6.45, 7) is 9.95. The molecule has 2 rings (SSSR count). The van der Waals surface area contributed by atoms with E-state index >= 15 is 0 Å². The number of nitriles is 1. The third-order valence-corrected chi connectivity index (χ3v) is 4.60. The number of nitrogens with one attached hydrogen (secondary N) is 2. The van der Waals surface area contributed by atoms with Crippen molar-refractivity contribution in [3.8, 4) is 6.07 Å². The van der Waals surface area contributed by atoms with Gasteiger partial charge in [-0.3, -0.25) is 4.79 Å². The Morgan fingerprint density at radius 3 is 2.84 bits per heavy atom. The Morgan fingerprint density at radius 1 is 1.48 bits per heavy atom. The second kappa shape index (κ2) is 8.30. The molecule has 0 spiro atoms. The zero-order valence-corrected chi connectivity index (χ0v) is 15.7. The van der Waals surface area contributed by atoms with Crippen molar-refractivity contribution < 1.29 is 4.79 Å². The van der Waals surface area contributed by atoms with Gasteiger partial charge in [0.05, 0.1) is 12.6 Å². The fraction of sp³-hybridized carbons (Fsp3) is 0.632. The summed E-state index contributed by atoms with van der Waals surface area (Å²) < 4.78 is 0. The molecule has 136 valence electrons. The number of aromatic nitrogens is 1. The first-order valence-corrected chi connectivity index (χ1v) is 8.96. The molecular formula is C19H29N5O. The van der Waals surface area contributed by atoms with Crippen LogP contribution in [0.15, 0.2) is 18.3 Å². The number of amides is 1. The van der Waals surface area contributed by atoms with Gasteiger partial charge < -0.3 is 15.5 Å². The molecule has 1 amide bonds. The maximum absolute atomic E-state index is 12.3. The van der Waals surface area contributed by atoms with Gasteiger partial charge in [-0.2, -0.15) is 5.26 Å². The number of pyridine rings is 1. The van der Waals surface area contributed by atoms with E-state index in [1.807, 2.05) is 26.1 Å². The standard InChI is InChI=1S/C19H29N5O/c1-14(2)15-7-8-17(21-11-15)22-13-19(3,4)23-12-18(25)24-9-5-6-16(24)10-20/h7-8,11,14,16,23H,5-6,9,12-13H2,1-4H3,(H,21,22)/t16-/m0/s1. The largest absolute Gasteiger partial charge is 0.368 e. The van der Waals surface area contributed by atoms with Crippen molar-refractivity contribution in [3.05, 3.63) is 23.9 Å². The first-order valence-electron chi connectivity index (χ1n) is 8.96. The minimum Gasteiger partial charge on any atom is -0.368 e. The van der Waals surface area contributed by atoms with Crippen molar-refractivity contribution in [1.82, 2.24) is 15.2 Å². The molecule has 1 saturated heterocycles. The number of hydrogen-bond acceptors (Lipinski definition) is 5. The van der Waals surface area contributed by atoms with Crippen molar-refractivity contribution >= 4 is 11.7 Å². The Morgan fingerprint density at radius 2 is 2.24 bits per heavy atom. The molecule has 1 atom stereocenters. The molecule has 0 radical (unpaired) electrons. The minimum atomic E-state index is -0.268. The Bertz CT molecular complexity index is 618. The van der Waals surface area contributed by atoms with Gasteiger partial charge in [0, 0.05) is 24.8 Å². The molecule has 6 heteroatoms. The zero-order chi connectivity index (χ0) is 18.4. The maximum atomic E-state index is 12.3. The summed E-state index contributed by atoms with van der Waals surface area (Å²) in [5.41, 5.74) is 0.946. The Balaban J connectivity index is 1.81. The van der Waals surface area contributed by atoms with Gasteiger partial charge in [0.25, 0.3) is 0 Å². The number of anilines is 1. The van der Waals surface area contributed by atoms with Gasteiger partial charge in [-0.15, -0.1) is 0 Å². The van der Waals surface area contributed by atoms with Crippen molar-refractivity contribution in [2.24, 2.45) is 0 Å². The van der Waals surface area contributed by atoms with Crippen LogP contribution in [-0.4, -0.2) is 47.0 Å². The van der Waals surface area contributed by atoms with E-state index in [0.717, 1.165) is 18.7 Å². The molecule has 1 aromatic rings. The number of carbonyl (C=O) groups is 1. The predicted octanol–water partition coefficient (Wildman–Crippen LogP) is 2.50. The smallest absolute Gasteiger partial charge is 0.237 e. The molecule has 6 nitrogen and oxygen atoms in total. The topological polar surface area (TPSA) is 81.0 Å². The van der Waals surface area contributed by atoms with Crippen molar-refractivity contribution in [1.29, 1.82) is 5.26 Å². The highest BCUT2D eigenvalue weighted by Gasteiger charge is 2.29. The van der Waals surface area contributed by atoms with E-state index in [1.54, 1.807) is 4.90 Å². The molecule has 1 aliphatic heterocycles. The Labute approximate surface area is 150 Å². The average molecular weight is 343 g/mol. The Hall–Kier alpha value is -2.13. The number of likely N-dealkylation sites (tertiary alicyclic amines) is 1. The third-order valence-electron chi connectivity index (χ3n) is 4.60. The van der Waals surface area contributed by atoms with Gasteiger partial charge in [0.15, 0.2) is 0 Å². The molecule has 0 unspecified atom stereocenters. The normalized spacial score (nSPS) is 17.6. The molecular weight excluding hydrogens is 314 g/mol. The highest BCUT2D eigenvalue weighted by atomic mass is 16.2. The molecule has 0 aromatic carbocycles. The SMILES string of the molecule is CC(C)c1ccc(NCC(C)(C)NCC(=O)N2CCC[C@H]2C#N)nc1. The van der Waals surface area contributed by atoms with E-state index in [-0.39, 0.29) is 24.0 Å². The van der Waals surface area contributed by atoms with Gasteiger partial charge in [0.2, 0.25) is 5.91 Å². The molecule has 0 aliphatic carbocycles. The number of hydrogen-bond donors (Lipinski definition) is 2. The summed E-state index contributed by atoms with van der Waals surface area (Å²) in [5.74, 6) is 1.29. The van der Waals surface area contributed by atoms with E-state index in [1.165, 1.54) is 5.56 Å². The van der Waals surface area contributed by atoms with E-state index in [9.17, 15) is 4.79 Å². The molecule has 2 N–H and O–H groups in total. The van der Waals surface area contributed by atoms with Crippen LogP contribution in [0.2, 0.25) is 0 Å². The van der Waals surface area contributed by atoms with Gasteiger partial charge in [-0.25, -0.2) is 4.98 Å². The highest BCUT2D eigenvalue weighted by molar-refractivity contribution is 5.79. The van der Waals surface area contributed by atoms with Crippen LogP contribution >= 0.6 is 0 Å². The minimum absolute atomic E-state index is 0.00321. The van der Waals surface area contributed by atoms with E-state index < -0.39 is 0 Å². The van der Waals surface area contributed by atoms with Crippen molar-refractivity contribution in [2.45, 2.75) is 58.0 Å². The highest BCUT2D eigenvalue weighted by Crippen LogP contribution is 2.17. The van der Waals surface area contributed by atoms with Crippen LogP contribution < -0.4 is 10.6 Å². The number of nitrogens with zero attached hydrogens (tertiary/aromatic N) is 3. The quantitative estimate of drug-likeness (QED) is 0.795. The molecule has 0 saturated carbocycles. The second-order valence-electron chi connectivity index (χ2n) is 7.60. The number of rotatable bonds is 7. The van der Waals surface area contributed by atoms with E-state index in [4.69, 9.17) is 5.26 Å². The molecule has 1 aromatic heterocycles. The fourth-order valence-electron chi connectivity index (χ4n) is 2.84. The van der Waals surface area contributed by atoms with Crippen LogP contribution in [0.25, 0.3) is 0 Å². The first-order chi connectivity index (χ1) is 11.8. The first kappa shape index (κ1) is 19.2. The lowest BCUT2D eigenvalue weighted by atomic mass is 10.1. The summed E-state index contributed by atoms with van der Waals surface area (Å²) in [6.07, 6.45) is 3.59. The maximum Gasteiger partial charge on any atom is 0.237 e. The van der Waals surface area contributed by atoms with Crippen LogP contribution in [0.4, 0.5) is 5.82 Å². The zero-order valence-electron chi connectivity index (χ0n) is 15.7. The van der Waals surface area contributed by atoms with Crippen LogP contribution in [0.1, 0.15) is 52.0 Å². The monoisotopic (exact) mass is 343 g/mol. The third kappa shape index (κ3) is 5.43. The second-order valence-corrected chi connectivity index (χ2v) is 7.60. The molecule has 2 heterocycles. The summed E-state index contributed by atoms with van der Waals surface area (Å²) >= 11 is 0. The van der Waals surface area contributed by atoms with E-state index in [0.29, 0.717) is 19.0 Å². The van der Waals surface area contributed by atoms with Crippen LogP contribution in [0, 0.1) is 11.3 Å². The summed E-state index contributed by atoms with van der Waals surface area (Å²) in [4.78, 5) is 18.4. The van der Waals surface area contributed by atoms with Crippen molar-refractivity contribution in [3.63, 3.8) is 0 Å². The lowest BCUT2D eigenvalue weighted by Crippen LogP contribution is -2.50. The molecule has 1 fully saturated rings. The lowest BCUT2D eigenvalue weighted by molar-refractivity contribution is -0.130. The Kier molecular flexibility index (Phi) is 6.38. The van der Waals surface area contributed by atoms with Gasteiger partial charge >= 0.3 is 0 Å². The van der Waals surface area contributed by atoms with Gasteiger partial charge in [-0.1, -0.05) is 19.9 Å². The van der Waals surface area contributed by atoms with Crippen LogP contribution in [0.5, 0.6) is 0 Å². The van der Waals surface area contributed by atoms with Crippen LogP contribution in [-0.2, 0) is 4.79 Å². The average Bonchev–Trinajstić information content (AvgIpc) is 3.07. The predicted molar refractivity (Wildman–Crippen MR) is 99.2 cm³/mol. The van der Waals surface area contributed by atoms with Crippen molar-refractivity contribution in [2.75, 3.05) is 25.0 Å². The lowest BCUT2D eigenvalue weighted by Gasteiger charge is -2.28. The summed E-state index contributed by atoms with van der Waals surface area (Å²) in [7, 11) is 0. The summed E-state index contributed by atoms with van der Waals surface area (Å²) in [5, 5.41) is 15.7. The fourth-order valence-corrected chi connectivity index (χ4v) is 2.84. The molecule has 1 aliphatic rings. The summed E-state index contributed by atoms with van der Waals surface area (Å²) in [6, 6.07) is 6.01. The van der Waals surface area contributed by atoms with Gasteiger partial charge in [-0.05, 0) is 44.2 Å². The van der Waals surface area contributed by atoms with Gasteiger partial charge in [0.1, 0.15) is 11.9 Å². The molecule has 0 bridgehead atoms. The number of carbonyl (C=O) groups excluding carboxylic acids is 1. The van der Waals surface area contributed by atoms with Crippen LogP contribution in [0.3, 0.4) is 0 Å².